The molecule has 1 atom stereocenters. The van der Waals surface area contributed by atoms with Crippen LogP contribution in [-0.4, -0.2) is 39.2 Å². The summed E-state index contributed by atoms with van der Waals surface area (Å²) < 4.78 is 30.4. The lowest BCUT2D eigenvalue weighted by Crippen LogP contribution is -2.34. The van der Waals surface area contributed by atoms with Crippen LogP contribution < -0.4 is 9.62 Å². The first kappa shape index (κ1) is 20.9. The summed E-state index contributed by atoms with van der Waals surface area (Å²) in [4.78, 5) is 24.3. The van der Waals surface area contributed by atoms with E-state index in [0.29, 0.717) is 18.7 Å². The van der Waals surface area contributed by atoms with E-state index >= 15 is 0 Å². The van der Waals surface area contributed by atoms with Gasteiger partial charge in [-0.2, -0.15) is 0 Å². The van der Waals surface area contributed by atoms with Crippen LogP contribution in [0.15, 0.2) is 42.5 Å². The molecule has 2 aromatic rings. The molecule has 1 heterocycles. The maximum Gasteiger partial charge on any atom is 0.338 e. The summed E-state index contributed by atoms with van der Waals surface area (Å²) in [5, 5.41) is 2.73. The number of hydrogen-bond acceptors (Lipinski definition) is 5. The van der Waals surface area contributed by atoms with Gasteiger partial charge in [-0.25, -0.2) is 13.2 Å². The van der Waals surface area contributed by atoms with Crippen molar-refractivity contribution in [2.75, 3.05) is 17.2 Å². The molecule has 0 saturated carbocycles. The van der Waals surface area contributed by atoms with E-state index in [1.54, 1.807) is 12.1 Å². The summed E-state index contributed by atoms with van der Waals surface area (Å²) in [6.45, 7) is 3.76. The molecule has 154 valence electrons. The van der Waals surface area contributed by atoms with Crippen LogP contribution in [0.1, 0.15) is 34.0 Å². The molecule has 0 spiro atoms. The number of anilines is 1. The number of aryl methyl sites for hydroxylation is 1. The second-order valence-corrected chi connectivity index (χ2v) is 9.09. The van der Waals surface area contributed by atoms with Crippen molar-refractivity contribution in [1.29, 1.82) is 0 Å². The van der Waals surface area contributed by atoms with Crippen molar-refractivity contribution in [3.8, 4) is 0 Å². The Bertz CT molecular complexity index is 1050. The summed E-state index contributed by atoms with van der Waals surface area (Å²) in [5.41, 5.74) is 3.70. The number of carbonyl (C=O) groups is 2. The molecule has 3 rings (SSSR count). The number of hydrogen-bond donors (Lipinski definition) is 1. The van der Waals surface area contributed by atoms with Gasteiger partial charge in [0.2, 0.25) is 10.0 Å². The van der Waals surface area contributed by atoms with Gasteiger partial charge in [-0.1, -0.05) is 24.3 Å². The van der Waals surface area contributed by atoms with E-state index in [9.17, 15) is 18.0 Å². The first-order chi connectivity index (χ1) is 13.7. The minimum atomic E-state index is -3.39. The number of carbonyl (C=O) groups excluding carboxylic acids is 2. The van der Waals surface area contributed by atoms with Crippen LogP contribution in [0.4, 0.5) is 5.69 Å². The zero-order valence-corrected chi connectivity index (χ0v) is 17.5. The summed E-state index contributed by atoms with van der Waals surface area (Å²) in [7, 11) is -3.39. The van der Waals surface area contributed by atoms with E-state index < -0.39 is 16.0 Å². The van der Waals surface area contributed by atoms with Crippen molar-refractivity contribution in [2.24, 2.45) is 0 Å². The molecule has 1 N–H and O–H groups in total. The van der Waals surface area contributed by atoms with Crippen LogP contribution in [0.5, 0.6) is 0 Å². The Morgan fingerprint density at radius 3 is 2.62 bits per heavy atom. The van der Waals surface area contributed by atoms with Gasteiger partial charge in [0.1, 0.15) is 0 Å². The Morgan fingerprint density at radius 2 is 1.93 bits per heavy atom. The molecule has 8 heteroatoms. The second-order valence-electron chi connectivity index (χ2n) is 7.23. The highest BCUT2D eigenvalue weighted by molar-refractivity contribution is 7.92. The fourth-order valence-corrected chi connectivity index (χ4v) is 4.77. The Labute approximate surface area is 170 Å². The fraction of sp³-hybridized carbons (Fsp3) is 0.333. The molecule has 29 heavy (non-hydrogen) atoms. The normalized spacial score (nSPS) is 15.7. The standard InChI is InChI=1S/C21H24N2O5S/c1-14-6-4-5-7-17(14)12-22-20(24)13-28-21(25)16-8-9-19-18(11-16)10-15(2)23(19)29(3,26)27/h4-9,11,15H,10,12-13H2,1-3H3,(H,22,24)/t15-/m1/s1. The van der Waals surface area contributed by atoms with Crippen LogP contribution in [0.3, 0.4) is 0 Å². The number of benzene rings is 2. The highest BCUT2D eigenvalue weighted by Gasteiger charge is 2.32. The van der Waals surface area contributed by atoms with Crippen molar-refractivity contribution in [2.45, 2.75) is 32.9 Å². The number of esters is 1. The molecule has 0 aliphatic carbocycles. The second kappa shape index (κ2) is 8.24. The lowest BCUT2D eigenvalue weighted by molar-refractivity contribution is -0.124. The SMILES string of the molecule is Cc1ccccc1CNC(=O)COC(=O)c1ccc2c(c1)C[C@@H](C)N2S(C)(=O)=O. The van der Waals surface area contributed by atoms with Crippen molar-refractivity contribution in [3.05, 3.63) is 64.7 Å². The Hall–Kier alpha value is -2.87. The third-order valence-electron chi connectivity index (χ3n) is 4.90. The zero-order chi connectivity index (χ0) is 21.2. The largest absolute Gasteiger partial charge is 0.452 e. The molecule has 1 aliphatic heterocycles. The van der Waals surface area contributed by atoms with Gasteiger partial charge in [-0.3, -0.25) is 9.10 Å². The minimum absolute atomic E-state index is 0.210. The van der Waals surface area contributed by atoms with Crippen molar-refractivity contribution in [3.63, 3.8) is 0 Å². The number of ether oxygens (including phenoxy) is 1. The number of amides is 1. The molecule has 0 aromatic heterocycles. The quantitative estimate of drug-likeness (QED) is 0.729. The first-order valence-corrected chi connectivity index (χ1v) is 11.1. The van der Waals surface area contributed by atoms with E-state index in [1.165, 1.54) is 10.4 Å². The predicted octanol–water partition coefficient (Wildman–Crippen LogP) is 2.18. The molecular weight excluding hydrogens is 392 g/mol. The summed E-state index contributed by atoms with van der Waals surface area (Å²) in [5.74, 6) is -1.01. The van der Waals surface area contributed by atoms with Crippen LogP contribution >= 0.6 is 0 Å². The Morgan fingerprint density at radius 1 is 1.21 bits per heavy atom. The molecule has 0 fully saturated rings. The van der Waals surface area contributed by atoms with E-state index in [4.69, 9.17) is 4.74 Å². The maximum atomic E-state index is 12.3. The molecular formula is C21H24N2O5S. The summed E-state index contributed by atoms with van der Waals surface area (Å²) >= 11 is 0. The lowest BCUT2D eigenvalue weighted by Gasteiger charge is -2.21. The van der Waals surface area contributed by atoms with Crippen LogP contribution in [0.25, 0.3) is 0 Å². The van der Waals surface area contributed by atoms with Gasteiger partial charge in [0.25, 0.3) is 5.91 Å². The van der Waals surface area contributed by atoms with Crippen molar-refractivity contribution >= 4 is 27.6 Å². The fourth-order valence-electron chi connectivity index (χ4n) is 3.50. The highest BCUT2D eigenvalue weighted by atomic mass is 32.2. The predicted molar refractivity (Wildman–Crippen MR) is 110 cm³/mol. The van der Waals surface area contributed by atoms with E-state index in [0.717, 1.165) is 22.9 Å². The molecule has 0 bridgehead atoms. The molecule has 0 radical (unpaired) electrons. The number of rotatable bonds is 6. The van der Waals surface area contributed by atoms with Gasteiger partial charge in [0, 0.05) is 12.6 Å². The molecule has 0 unspecified atom stereocenters. The summed E-state index contributed by atoms with van der Waals surface area (Å²) in [6.07, 6.45) is 1.68. The summed E-state index contributed by atoms with van der Waals surface area (Å²) in [6, 6.07) is 12.2. The Kier molecular flexibility index (Phi) is 5.93. The van der Waals surface area contributed by atoms with Crippen molar-refractivity contribution < 1.29 is 22.7 Å². The molecule has 2 aromatic carbocycles. The highest BCUT2D eigenvalue weighted by Crippen LogP contribution is 2.34. The molecule has 1 aliphatic rings. The van der Waals surface area contributed by atoms with Crippen LogP contribution in [-0.2, 0) is 32.5 Å². The minimum Gasteiger partial charge on any atom is -0.452 e. The van der Waals surface area contributed by atoms with Gasteiger partial charge in [0.05, 0.1) is 17.5 Å². The monoisotopic (exact) mass is 416 g/mol. The Balaban J connectivity index is 1.59. The third kappa shape index (κ3) is 4.76. The van der Waals surface area contributed by atoms with Crippen LogP contribution in [0, 0.1) is 6.92 Å². The average molecular weight is 416 g/mol. The smallest absolute Gasteiger partial charge is 0.338 e. The molecule has 0 saturated heterocycles. The van der Waals surface area contributed by atoms with E-state index in [2.05, 4.69) is 5.32 Å². The van der Waals surface area contributed by atoms with Crippen LogP contribution in [0.2, 0.25) is 0 Å². The first-order valence-electron chi connectivity index (χ1n) is 9.27. The van der Waals surface area contributed by atoms with Gasteiger partial charge in [0.15, 0.2) is 6.61 Å². The van der Waals surface area contributed by atoms with E-state index in [-0.39, 0.29) is 24.1 Å². The van der Waals surface area contributed by atoms with E-state index in [1.807, 2.05) is 38.1 Å². The lowest BCUT2D eigenvalue weighted by atomic mass is 10.1. The van der Waals surface area contributed by atoms with Gasteiger partial charge in [-0.15, -0.1) is 0 Å². The van der Waals surface area contributed by atoms with Gasteiger partial charge >= 0.3 is 5.97 Å². The zero-order valence-electron chi connectivity index (χ0n) is 16.6. The van der Waals surface area contributed by atoms with Gasteiger partial charge in [-0.05, 0) is 55.2 Å². The topological polar surface area (TPSA) is 92.8 Å². The van der Waals surface area contributed by atoms with Gasteiger partial charge < -0.3 is 10.1 Å². The number of nitrogens with zero attached hydrogens (tertiary/aromatic N) is 1. The maximum absolute atomic E-state index is 12.3. The third-order valence-corrected chi connectivity index (χ3v) is 6.17. The number of fused-ring (bicyclic) bond motifs is 1. The molecule has 1 amide bonds. The number of nitrogens with one attached hydrogen (secondary N) is 1. The number of sulfonamides is 1. The average Bonchev–Trinajstić information content (AvgIpc) is 3.00. The van der Waals surface area contributed by atoms with Crippen molar-refractivity contribution in [1.82, 2.24) is 5.32 Å². The molecule has 7 nitrogen and oxygen atoms in total.